The van der Waals surface area contributed by atoms with E-state index in [0.717, 1.165) is 70.4 Å². The van der Waals surface area contributed by atoms with E-state index in [-0.39, 0.29) is 0 Å². The third-order valence-corrected chi connectivity index (χ3v) is 23.3. The summed E-state index contributed by atoms with van der Waals surface area (Å²) in [6.07, 6.45) is 5.07. The fourth-order valence-corrected chi connectivity index (χ4v) is 27.6. The lowest BCUT2D eigenvalue weighted by Gasteiger charge is -3.50. The van der Waals surface area contributed by atoms with Gasteiger partial charge in [-0.25, -0.2) is 0 Å². The molecule has 16 rings (SSSR count). The molecule has 16 aliphatic carbocycles. The molecular formula is C30H30. The van der Waals surface area contributed by atoms with Crippen LogP contribution >= 0.6 is 0 Å². The Hall–Kier alpha value is 0. The molecule has 0 aromatic carbocycles. The van der Waals surface area contributed by atoms with Gasteiger partial charge in [-0.05, 0) is 143 Å². The average molecular weight is 391 g/mol. The van der Waals surface area contributed by atoms with Crippen LogP contribution in [0.5, 0.6) is 0 Å². The summed E-state index contributed by atoms with van der Waals surface area (Å²) in [6, 6.07) is 0. The number of hydrogen-bond acceptors (Lipinski definition) is 0. The molecule has 22 unspecified atom stereocenters. The molecule has 16 aliphatic rings. The number of fused-ring (bicyclic) bond motifs is 8. The molecule has 0 aromatic heterocycles. The van der Waals surface area contributed by atoms with Crippen LogP contribution in [0.4, 0.5) is 0 Å². The minimum absolute atomic E-state index is 0.768. The lowest BCUT2D eigenvalue weighted by Crippen LogP contribution is -3.49. The summed E-state index contributed by atoms with van der Waals surface area (Å²) < 4.78 is 0. The highest BCUT2D eigenvalue weighted by Gasteiger charge is 3.50. The highest BCUT2D eigenvalue weighted by atomic mass is 15.5. The number of rotatable bonds is 1. The molecule has 16 fully saturated rings. The molecule has 0 amide bonds. The molecule has 22 atom stereocenters. The summed E-state index contributed by atoms with van der Waals surface area (Å²) in [4.78, 5) is 0. The minimum atomic E-state index is 0.768. The standard InChI is InChI=1S/C30H30/c1-6-22-12-8-11-14-13-9-7-10-15-16-17(22)19(3)21(5)20(4)18(16,2)25(15)23(9,10)26(13)27(14)24(11,12)28(19,22)30(21,27)29(20,25)26/h9-17H,6-8H2,1-5H3. The Kier molecular flexibility index (Phi) is 0.810. The first-order valence-corrected chi connectivity index (χ1v) is 14.4. The van der Waals surface area contributed by atoms with Gasteiger partial charge in [-0.15, -0.1) is 0 Å². The Labute approximate surface area is 177 Å². The molecule has 0 saturated heterocycles. The maximum absolute atomic E-state index is 2.99. The largest absolute Gasteiger partial charge is 0.0648 e. The highest BCUT2D eigenvalue weighted by molar-refractivity contribution is 5.95. The van der Waals surface area contributed by atoms with Crippen molar-refractivity contribution < 1.29 is 0 Å². The Balaban J connectivity index is 1.25. The summed E-state index contributed by atoms with van der Waals surface area (Å²) in [5, 5.41) is 0. The molecule has 0 heterocycles. The van der Waals surface area contributed by atoms with Crippen molar-refractivity contribution in [2.75, 3.05) is 0 Å². The van der Waals surface area contributed by atoms with Crippen LogP contribution in [0.1, 0.15) is 53.9 Å². The molecule has 0 N–H and O–H groups in total. The van der Waals surface area contributed by atoms with Gasteiger partial charge in [-0.2, -0.15) is 0 Å². The zero-order chi connectivity index (χ0) is 18.8. The molecule has 150 valence electrons. The number of hydrogen-bond donors (Lipinski definition) is 0. The van der Waals surface area contributed by atoms with Crippen molar-refractivity contribution >= 4 is 0 Å². The second kappa shape index (κ2) is 1.95. The monoisotopic (exact) mass is 390 g/mol. The van der Waals surface area contributed by atoms with Gasteiger partial charge < -0.3 is 0 Å². The molecule has 0 bridgehead atoms. The van der Waals surface area contributed by atoms with Crippen LogP contribution in [-0.4, -0.2) is 0 Å². The van der Waals surface area contributed by atoms with Gasteiger partial charge in [0.1, 0.15) is 0 Å². The zero-order valence-electron chi connectivity index (χ0n) is 18.8. The predicted molar refractivity (Wildman–Crippen MR) is 105 cm³/mol. The molecule has 0 nitrogen and oxygen atoms in total. The van der Waals surface area contributed by atoms with E-state index < -0.39 is 0 Å². The van der Waals surface area contributed by atoms with Crippen molar-refractivity contribution in [3.63, 3.8) is 0 Å². The summed E-state index contributed by atoms with van der Waals surface area (Å²) in [7, 11) is 0. The quantitative estimate of drug-likeness (QED) is 0.601. The van der Waals surface area contributed by atoms with E-state index in [1.54, 1.807) is 19.3 Å². The third kappa shape index (κ3) is 0.295. The topological polar surface area (TPSA) is 0 Å². The van der Waals surface area contributed by atoms with Crippen LogP contribution < -0.4 is 0 Å². The Morgan fingerprint density at radius 1 is 0.633 bits per heavy atom. The summed E-state index contributed by atoms with van der Waals surface area (Å²) in [5.74, 6) is 11.3. The molecule has 0 radical (unpaired) electrons. The van der Waals surface area contributed by atoms with E-state index in [1.807, 2.05) is 0 Å². The van der Waals surface area contributed by atoms with Crippen molar-refractivity contribution in [3.8, 4) is 0 Å². The molecule has 0 aliphatic heterocycles. The Bertz CT molecular complexity index is 1440. The van der Waals surface area contributed by atoms with Crippen LogP contribution in [-0.2, 0) is 0 Å². The normalized spacial score (nSPS) is 118. The van der Waals surface area contributed by atoms with Crippen molar-refractivity contribution in [1.29, 1.82) is 0 Å². The van der Waals surface area contributed by atoms with Crippen molar-refractivity contribution in [2.24, 2.45) is 124 Å². The molecular weight excluding hydrogens is 360 g/mol. The first-order valence-electron chi connectivity index (χ1n) is 14.4. The molecule has 0 aromatic rings. The van der Waals surface area contributed by atoms with Crippen molar-refractivity contribution in [2.45, 2.75) is 53.9 Å². The van der Waals surface area contributed by atoms with Gasteiger partial charge in [0.15, 0.2) is 0 Å². The highest BCUT2D eigenvalue weighted by Crippen LogP contribution is 3.52. The second-order valence-corrected chi connectivity index (χ2v) is 17.9. The fourth-order valence-electron chi connectivity index (χ4n) is 27.6. The summed E-state index contributed by atoms with van der Waals surface area (Å²) in [6.45, 7) is 14.7. The van der Waals surface area contributed by atoms with Gasteiger partial charge in [0.2, 0.25) is 0 Å². The first-order chi connectivity index (χ1) is 14.4. The average Bonchev–Trinajstić information content (AvgIpc) is 2.64. The SMILES string of the molecule is CCC12C3C4C5C6CC7C8C9C%10CC1C%101C9%10C89C67C56C4(C)C4(C)C5(C)C3(C)C21C5%10C469. The Morgan fingerprint density at radius 2 is 1.27 bits per heavy atom. The first kappa shape index (κ1) is 12.5. The van der Waals surface area contributed by atoms with Crippen LogP contribution in [0, 0.1) is 124 Å². The van der Waals surface area contributed by atoms with Gasteiger partial charge in [0.25, 0.3) is 0 Å². The van der Waals surface area contributed by atoms with E-state index in [0.29, 0.717) is 0 Å². The van der Waals surface area contributed by atoms with Gasteiger partial charge in [0.05, 0.1) is 0 Å². The van der Waals surface area contributed by atoms with Gasteiger partial charge >= 0.3 is 0 Å². The van der Waals surface area contributed by atoms with Crippen LogP contribution in [0.25, 0.3) is 0 Å². The molecule has 30 heavy (non-hydrogen) atoms. The lowest BCUT2D eigenvalue weighted by molar-refractivity contribution is -1.06. The second-order valence-electron chi connectivity index (χ2n) is 17.9. The minimum Gasteiger partial charge on any atom is -0.0648 e. The molecule has 8 spiro atoms. The van der Waals surface area contributed by atoms with Crippen molar-refractivity contribution in [3.05, 3.63) is 0 Å². The van der Waals surface area contributed by atoms with E-state index >= 15 is 0 Å². The van der Waals surface area contributed by atoms with Crippen LogP contribution in [0.3, 0.4) is 0 Å². The Morgan fingerprint density at radius 3 is 2.00 bits per heavy atom. The maximum Gasteiger partial charge on any atom is -0.00145 e. The smallest absolute Gasteiger partial charge is 0.00145 e. The van der Waals surface area contributed by atoms with Gasteiger partial charge in [-0.1, -0.05) is 34.6 Å². The zero-order valence-corrected chi connectivity index (χ0v) is 18.8. The predicted octanol–water partition coefficient (Wildman–Crippen LogP) is 4.84. The van der Waals surface area contributed by atoms with Crippen LogP contribution in [0.2, 0.25) is 0 Å². The molecule has 0 heteroatoms. The summed E-state index contributed by atoms with van der Waals surface area (Å²) in [5.41, 5.74) is 11.7. The van der Waals surface area contributed by atoms with E-state index in [1.165, 1.54) is 53.3 Å². The van der Waals surface area contributed by atoms with E-state index in [4.69, 9.17) is 0 Å². The molecule has 16 saturated carbocycles. The van der Waals surface area contributed by atoms with Gasteiger partial charge in [0, 0.05) is 0 Å². The van der Waals surface area contributed by atoms with Gasteiger partial charge in [-0.3, -0.25) is 0 Å². The van der Waals surface area contributed by atoms with E-state index in [9.17, 15) is 0 Å². The fraction of sp³-hybridized carbons (Fsp3) is 1.00. The van der Waals surface area contributed by atoms with Crippen LogP contribution in [0.15, 0.2) is 0 Å². The van der Waals surface area contributed by atoms with Crippen molar-refractivity contribution in [1.82, 2.24) is 0 Å². The summed E-state index contributed by atoms with van der Waals surface area (Å²) >= 11 is 0. The third-order valence-electron chi connectivity index (χ3n) is 23.3. The lowest BCUT2D eigenvalue weighted by atomic mass is 8.52. The van der Waals surface area contributed by atoms with E-state index in [2.05, 4.69) is 34.6 Å². The maximum atomic E-state index is 2.99.